The molecule has 2 aromatic rings. The van der Waals surface area contributed by atoms with E-state index in [1.54, 1.807) is 0 Å². The zero-order valence-corrected chi connectivity index (χ0v) is 15.5. The minimum Gasteiger partial charge on any atom is -0.494 e. The summed E-state index contributed by atoms with van der Waals surface area (Å²) in [6, 6.07) is 17.5. The maximum Gasteiger partial charge on any atom is 0.119 e. The van der Waals surface area contributed by atoms with E-state index in [0.717, 1.165) is 31.7 Å². The minimum atomic E-state index is 0.370. The molecule has 0 heterocycles. The van der Waals surface area contributed by atoms with Crippen LogP contribution in [-0.4, -0.2) is 6.61 Å². The largest absolute Gasteiger partial charge is 0.494 e. The van der Waals surface area contributed by atoms with Crippen molar-refractivity contribution in [2.45, 2.75) is 53.1 Å². The van der Waals surface area contributed by atoms with E-state index in [1.807, 2.05) is 0 Å². The second kappa shape index (κ2) is 9.48. The maximum atomic E-state index is 5.81. The SMILES string of the molecule is CCC(NCc1ccccc1C)c1ccc(OCCC(C)C)cc1. The Kier molecular flexibility index (Phi) is 7.33. The van der Waals surface area contributed by atoms with Crippen LogP contribution >= 0.6 is 0 Å². The second-order valence-corrected chi connectivity index (χ2v) is 6.87. The first kappa shape index (κ1) is 18.5. The lowest BCUT2D eigenvalue weighted by molar-refractivity contribution is 0.289. The van der Waals surface area contributed by atoms with Gasteiger partial charge in [-0.1, -0.05) is 57.2 Å². The maximum absolute atomic E-state index is 5.81. The van der Waals surface area contributed by atoms with Crippen LogP contribution in [0.2, 0.25) is 0 Å². The molecule has 1 unspecified atom stereocenters. The molecule has 0 radical (unpaired) electrons. The molecule has 24 heavy (non-hydrogen) atoms. The van der Waals surface area contributed by atoms with Gasteiger partial charge in [-0.25, -0.2) is 0 Å². The lowest BCUT2D eigenvalue weighted by Gasteiger charge is -2.19. The molecule has 1 N–H and O–H groups in total. The molecule has 1 atom stereocenters. The predicted molar refractivity (Wildman–Crippen MR) is 102 cm³/mol. The van der Waals surface area contributed by atoms with Gasteiger partial charge in [0.25, 0.3) is 0 Å². The molecule has 0 aliphatic carbocycles. The van der Waals surface area contributed by atoms with Gasteiger partial charge in [0.1, 0.15) is 5.75 Å². The number of hydrogen-bond acceptors (Lipinski definition) is 2. The van der Waals surface area contributed by atoms with Gasteiger partial charge in [-0.2, -0.15) is 0 Å². The standard InChI is InChI=1S/C22H31NO/c1-5-22(23-16-20-9-7-6-8-18(20)4)19-10-12-21(13-11-19)24-15-14-17(2)3/h6-13,17,22-23H,5,14-16H2,1-4H3. The summed E-state index contributed by atoms with van der Waals surface area (Å²) in [7, 11) is 0. The zero-order valence-electron chi connectivity index (χ0n) is 15.5. The second-order valence-electron chi connectivity index (χ2n) is 6.87. The van der Waals surface area contributed by atoms with E-state index < -0.39 is 0 Å². The fourth-order valence-electron chi connectivity index (χ4n) is 2.75. The third-order valence-corrected chi connectivity index (χ3v) is 4.45. The van der Waals surface area contributed by atoms with E-state index in [1.165, 1.54) is 16.7 Å². The third kappa shape index (κ3) is 5.68. The fraction of sp³-hybridized carbons (Fsp3) is 0.455. The lowest BCUT2D eigenvalue weighted by Crippen LogP contribution is -2.20. The Balaban J connectivity index is 1.91. The average Bonchev–Trinajstić information content (AvgIpc) is 2.58. The Bertz CT molecular complexity index is 604. The van der Waals surface area contributed by atoms with Gasteiger partial charge in [-0.05, 0) is 54.5 Å². The van der Waals surface area contributed by atoms with Crippen molar-refractivity contribution >= 4 is 0 Å². The summed E-state index contributed by atoms with van der Waals surface area (Å²) in [5, 5.41) is 3.68. The van der Waals surface area contributed by atoms with Crippen molar-refractivity contribution in [3.8, 4) is 5.75 Å². The molecule has 2 aromatic carbocycles. The minimum absolute atomic E-state index is 0.370. The number of hydrogen-bond donors (Lipinski definition) is 1. The summed E-state index contributed by atoms with van der Waals surface area (Å²) in [5.74, 6) is 1.65. The highest BCUT2D eigenvalue weighted by molar-refractivity contribution is 5.30. The Labute approximate surface area is 147 Å². The molecule has 0 aliphatic heterocycles. The highest BCUT2D eigenvalue weighted by Gasteiger charge is 2.09. The number of benzene rings is 2. The van der Waals surface area contributed by atoms with Crippen molar-refractivity contribution in [3.05, 3.63) is 65.2 Å². The smallest absolute Gasteiger partial charge is 0.119 e. The van der Waals surface area contributed by atoms with Crippen LogP contribution in [-0.2, 0) is 6.54 Å². The average molecular weight is 325 g/mol. The Morgan fingerprint density at radius 2 is 1.71 bits per heavy atom. The number of ether oxygens (including phenoxy) is 1. The third-order valence-electron chi connectivity index (χ3n) is 4.45. The normalized spacial score (nSPS) is 12.4. The summed E-state index contributed by atoms with van der Waals surface area (Å²) < 4.78 is 5.81. The van der Waals surface area contributed by atoms with E-state index in [2.05, 4.69) is 81.5 Å². The van der Waals surface area contributed by atoms with E-state index in [-0.39, 0.29) is 0 Å². The van der Waals surface area contributed by atoms with Crippen LogP contribution in [0.4, 0.5) is 0 Å². The van der Waals surface area contributed by atoms with Crippen molar-refractivity contribution in [1.82, 2.24) is 5.32 Å². The topological polar surface area (TPSA) is 21.3 Å². The van der Waals surface area contributed by atoms with Crippen LogP contribution in [0.5, 0.6) is 5.75 Å². The van der Waals surface area contributed by atoms with Gasteiger partial charge < -0.3 is 10.1 Å². The van der Waals surface area contributed by atoms with Crippen LogP contribution in [0.15, 0.2) is 48.5 Å². The molecule has 0 aromatic heterocycles. The predicted octanol–water partition coefficient (Wildman–Crippen LogP) is 5.66. The van der Waals surface area contributed by atoms with E-state index in [0.29, 0.717) is 12.0 Å². The van der Waals surface area contributed by atoms with Gasteiger partial charge in [-0.3, -0.25) is 0 Å². The Morgan fingerprint density at radius 3 is 2.33 bits per heavy atom. The molecule has 0 saturated heterocycles. The monoisotopic (exact) mass is 325 g/mol. The quantitative estimate of drug-likeness (QED) is 0.642. The van der Waals surface area contributed by atoms with Gasteiger partial charge in [0.15, 0.2) is 0 Å². The van der Waals surface area contributed by atoms with Gasteiger partial charge in [0, 0.05) is 12.6 Å². The van der Waals surface area contributed by atoms with Crippen LogP contribution in [0, 0.1) is 12.8 Å². The number of aryl methyl sites for hydroxylation is 1. The summed E-state index contributed by atoms with van der Waals surface area (Å²) in [4.78, 5) is 0. The Morgan fingerprint density at radius 1 is 1.00 bits per heavy atom. The first-order valence-electron chi connectivity index (χ1n) is 9.10. The molecule has 2 nitrogen and oxygen atoms in total. The summed E-state index contributed by atoms with van der Waals surface area (Å²) in [6.45, 7) is 10.5. The van der Waals surface area contributed by atoms with Crippen LogP contribution < -0.4 is 10.1 Å². The molecule has 0 saturated carbocycles. The Hall–Kier alpha value is -1.80. The number of nitrogens with one attached hydrogen (secondary N) is 1. The van der Waals surface area contributed by atoms with E-state index >= 15 is 0 Å². The fourth-order valence-corrected chi connectivity index (χ4v) is 2.75. The van der Waals surface area contributed by atoms with Crippen molar-refractivity contribution < 1.29 is 4.74 Å². The summed E-state index contributed by atoms with van der Waals surface area (Å²) in [5.41, 5.74) is 4.03. The first-order chi connectivity index (χ1) is 11.6. The highest BCUT2D eigenvalue weighted by atomic mass is 16.5. The molecule has 2 rings (SSSR count). The van der Waals surface area contributed by atoms with Gasteiger partial charge >= 0.3 is 0 Å². The lowest BCUT2D eigenvalue weighted by atomic mass is 10.0. The van der Waals surface area contributed by atoms with Crippen LogP contribution in [0.25, 0.3) is 0 Å². The van der Waals surface area contributed by atoms with Crippen molar-refractivity contribution in [3.63, 3.8) is 0 Å². The molecule has 0 spiro atoms. The van der Waals surface area contributed by atoms with Crippen molar-refractivity contribution in [2.24, 2.45) is 5.92 Å². The van der Waals surface area contributed by atoms with Gasteiger partial charge in [0.2, 0.25) is 0 Å². The van der Waals surface area contributed by atoms with Crippen LogP contribution in [0.1, 0.15) is 56.3 Å². The van der Waals surface area contributed by atoms with E-state index in [4.69, 9.17) is 4.74 Å². The van der Waals surface area contributed by atoms with Gasteiger partial charge in [0.05, 0.1) is 6.61 Å². The highest BCUT2D eigenvalue weighted by Crippen LogP contribution is 2.21. The first-order valence-corrected chi connectivity index (χ1v) is 9.10. The molecule has 0 aliphatic rings. The number of rotatable bonds is 9. The summed E-state index contributed by atoms with van der Waals surface area (Å²) >= 11 is 0. The molecule has 2 heteroatoms. The molecular weight excluding hydrogens is 294 g/mol. The molecular formula is C22H31NO. The molecule has 0 amide bonds. The van der Waals surface area contributed by atoms with Crippen molar-refractivity contribution in [1.29, 1.82) is 0 Å². The zero-order chi connectivity index (χ0) is 17.4. The van der Waals surface area contributed by atoms with Crippen LogP contribution in [0.3, 0.4) is 0 Å². The molecule has 0 fully saturated rings. The molecule has 0 bridgehead atoms. The van der Waals surface area contributed by atoms with Gasteiger partial charge in [-0.15, -0.1) is 0 Å². The van der Waals surface area contributed by atoms with E-state index in [9.17, 15) is 0 Å². The summed E-state index contributed by atoms with van der Waals surface area (Å²) in [6.07, 6.45) is 2.16. The molecule has 130 valence electrons. The van der Waals surface area contributed by atoms with Crippen molar-refractivity contribution in [2.75, 3.05) is 6.61 Å².